The zero-order valence-electron chi connectivity index (χ0n) is 15.2. The molecule has 2 aromatic rings. The van der Waals surface area contributed by atoms with E-state index in [0.29, 0.717) is 31.7 Å². The first-order valence-corrected chi connectivity index (χ1v) is 9.04. The molecule has 1 aromatic carbocycles. The third kappa shape index (κ3) is 3.86. The van der Waals surface area contributed by atoms with Crippen LogP contribution >= 0.6 is 0 Å². The van der Waals surface area contributed by atoms with Gasteiger partial charge in [0.1, 0.15) is 11.4 Å². The predicted octanol–water partition coefficient (Wildman–Crippen LogP) is 1.70. The van der Waals surface area contributed by atoms with Gasteiger partial charge >= 0.3 is 0 Å². The number of aromatic nitrogens is 2. The number of rotatable bonds is 5. The molecule has 1 fully saturated rings. The molecular weight excluding hydrogens is 342 g/mol. The Kier molecular flexibility index (Phi) is 5.16. The number of methoxy groups -OCH3 is 1. The molecule has 2 aliphatic rings. The number of aliphatic hydroxyl groups excluding tert-OH is 1. The van der Waals surface area contributed by atoms with Gasteiger partial charge in [-0.05, 0) is 55.9 Å². The molecule has 0 bridgehead atoms. The summed E-state index contributed by atoms with van der Waals surface area (Å²) in [7, 11) is 1.64. The average Bonchev–Trinajstić information content (AvgIpc) is 3.32. The molecule has 4 rings (SSSR count). The smallest absolute Gasteiger partial charge is 0.272 e. The first kappa shape index (κ1) is 18.0. The Bertz CT molecular complexity index is 811. The van der Waals surface area contributed by atoms with E-state index in [1.54, 1.807) is 16.7 Å². The minimum atomic E-state index is -0.645. The largest absolute Gasteiger partial charge is 0.497 e. The Balaban J connectivity index is 1.51. The number of benzene rings is 1. The van der Waals surface area contributed by atoms with Crippen LogP contribution in [0.1, 0.15) is 21.7 Å². The van der Waals surface area contributed by atoms with Gasteiger partial charge in [-0.2, -0.15) is 5.10 Å². The highest BCUT2D eigenvalue weighted by molar-refractivity contribution is 5.93. The van der Waals surface area contributed by atoms with Crippen molar-refractivity contribution < 1.29 is 14.6 Å². The van der Waals surface area contributed by atoms with E-state index in [2.05, 4.69) is 5.10 Å². The third-order valence-corrected chi connectivity index (χ3v) is 4.86. The Morgan fingerprint density at radius 2 is 2.04 bits per heavy atom. The summed E-state index contributed by atoms with van der Waals surface area (Å²) >= 11 is 0. The molecule has 1 aliphatic carbocycles. The molecule has 0 unspecified atom stereocenters. The summed E-state index contributed by atoms with van der Waals surface area (Å²) in [4.78, 5) is 14.7. The van der Waals surface area contributed by atoms with Gasteiger partial charge < -0.3 is 14.7 Å². The topological polar surface area (TPSA) is 67.6 Å². The van der Waals surface area contributed by atoms with Crippen LogP contribution in [-0.2, 0) is 13.0 Å². The van der Waals surface area contributed by atoms with Gasteiger partial charge in [0.25, 0.3) is 5.91 Å². The van der Waals surface area contributed by atoms with Gasteiger partial charge in [-0.25, -0.2) is 0 Å². The second kappa shape index (κ2) is 7.72. The van der Waals surface area contributed by atoms with Crippen molar-refractivity contribution in [3.05, 3.63) is 78.9 Å². The molecule has 0 spiro atoms. The number of ether oxygens (including phenoxy) is 1. The van der Waals surface area contributed by atoms with E-state index in [1.807, 2.05) is 56.0 Å². The molecular formula is C21H22N3O3. The molecule has 1 aliphatic heterocycles. The van der Waals surface area contributed by atoms with Crippen LogP contribution in [0.3, 0.4) is 0 Å². The molecule has 6 nitrogen and oxygen atoms in total. The van der Waals surface area contributed by atoms with Crippen molar-refractivity contribution in [3.8, 4) is 5.75 Å². The van der Waals surface area contributed by atoms with Crippen molar-refractivity contribution in [1.82, 2.24) is 14.7 Å². The maximum Gasteiger partial charge on any atom is 0.272 e. The van der Waals surface area contributed by atoms with Crippen molar-refractivity contribution in [2.24, 2.45) is 0 Å². The summed E-state index contributed by atoms with van der Waals surface area (Å²) in [6.07, 6.45) is 7.86. The lowest BCUT2D eigenvalue weighted by Gasteiger charge is -2.22. The van der Waals surface area contributed by atoms with E-state index in [4.69, 9.17) is 4.74 Å². The van der Waals surface area contributed by atoms with Crippen LogP contribution in [-0.4, -0.2) is 52.0 Å². The monoisotopic (exact) mass is 364 g/mol. The van der Waals surface area contributed by atoms with Crippen molar-refractivity contribution in [3.63, 3.8) is 0 Å². The third-order valence-electron chi connectivity index (χ3n) is 4.86. The standard InChI is InChI=1S/C21H22N3O3/c1-27-18-8-4-5-15(11-18)9-10-23-13-17(25)14-24-20(21(23)26)12-19(22-24)16-6-2-3-7-16/h2-8,11-12,17,25H,9-10,13-14H2,1H3/t17-/m0/s1. The molecule has 1 aromatic heterocycles. The zero-order chi connectivity index (χ0) is 18.8. The zero-order valence-corrected chi connectivity index (χ0v) is 15.2. The maximum absolute atomic E-state index is 13.0. The summed E-state index contributed by atoms with van der Waals surface area (Å²) < 4.78 is 6.88. The van der Waals surface area contributed by atoms with Gasteiger partial charge in [0.2, 0.25) is 0 Å². The lowest BCUT2D eigenvalue weighted by Crippen LogP contribution is -2.37. The van der Waals surface area contributed by atoms with Crippen LogP contribution in [0.4, 0.5) is 0 Å². The molecule has 1 N–H and O–H groups in total. The first-order valence-electron chi connectivity index (χ1n) is 9.04. The number of fused-ring (bicyclic) bond motifs is 1. The number of nitrogens with zero attached hydrogens (tertiary/aromatic N) is 3. The fraction of sp³-hybridized carbons (Fsp3) is 0.286. The van der Waals surface area contributed by atoms with Crippen LogP contribution in [0.15, 0.2) is 30.3 Å². The lowest BCUT2D eigenvalue weighted by molar-refractivity contribution is 0.0648. The van der Waals surface area contributed by atoms with Crippen molar-refractivity contribution in [2.75, 3.05) is 20.2 Å². The van der Waals surface area contributed by atoms with Gasteiger partial charge in [0, 0.05) is 19.0 Å². The van der Waals surface area contributed by atoms with Crippen LogP contribution < -0.4 is 4.74 Å². The molecule has 1 amide bonds. The second-order valence-electron chi connectivity index (χ2n) is 6.78. The first-order chi connectivity index (χ1) is 13.1. The summed E-state index contributed by atoms with van der Waals surface area (Å²) in [5, 5.41) is 14.9. The van der Waals surface area contributed by atoms with Crippen molar-refractivity contribution >= 4 is 5.91 Å². The highest BCUT2D eigenvalue weighted by Crippen LogP contribution is 2.30. The number of aliphatic hydroxyl groups is 1. The van der Waals surface area contributed by atoms with Gasteiger partial charge in [-0.15, -0.1) is 0 Å². The van der Waals surface area contributed by atoms with E-state index in [9.17, 15) is 9.90 Å². The summed E-state index contributed by atoms with van der Waals surface area (Å²) in [5.74, 6) is 1.67. The van der Waals surface area contributed by atoms with E-state index in [-0.39, 0.29) is 5.91 Å². The van der Waals surface area contributed by atoms with Gasteiger partial charge in [-0.1, -0.05) is 12.1 Å². The normalized spacial score (nSPS) is 20.6. The minimum Gasteiger partial charge on any atom is -0.497 e. The fourth-order valence-corrected chi connectivity index (χ4v) is 3.46. The second-order valence-corrected chi connectivity index (χ2v) is 6.78. The van der Waals surface area contributed by atoms with E-state index < -0.39 is 6.10 Å². The minimum absolute atomic E-state index is 0.0975. The quantitative estimate of drug-likeness (QED) is 0.877. The Labute approximate surface area is 159 Å². The van der Waals surface area contributed by atoms with Crippen molar-refractivity contribution in [2.45, 2.75) is 19.1 Å². The van der Waals surface area contributed by atoms with Crippen LogP contribution in [0.2, 0.25) is 0 Å². The van der Waals surface area contributed by atoms with Crippen LogP contribution in [0.25, 0.3) is 0 Å². The number of carbonyl (C=O) groups is 1. The van der Waals surface area contributed by atoms with E-state index in [0.717, 1.165) is 22.9 Å². The number of hydrogen-bond acceptors (Lipinski definition) is 4. The summed E-state index contributed by atoms with van der Waals surface area (Å²) in [6.45, 7) is 1.15. The molecule has 139 valence electrons. The molecule has 1 atom stereocenters. The summed E-state index contributed by atoms with van der Waals surface area (Å²) in [6, 6.07) is 9.63. The SMILES string of the molecule is COc1cccc(CCN2C[C@H](O)Cn3nc([C]4[CH][CH][CH][CH]4)cc3C2=O)c1. The van der Waals surface area contributed by atoms with Crippen LogP contribution in [0.5, 0.6) is 5.75 Å². The Morgan fingerprint density at radius 1 is 1.22 bits per heavy atom. The molecule has 27 heavy (non-hydrogen) atoms. The maximum atomic E-state index is 13.0. The Hall–Kier alpha value is -2.34. The van der Waals surface area contributed by atoms with Gasteiger partial charge in [0.05, 0.1) is 25.5 Å². The van der Waals surface area contributed by atoms with Gasteiger partial charge in [0.15, 0.2) is 0 Å². The van der Waals surface area contributed by atoms with E-state index >= 15 is 0 Å². The number of hydrogen-bond donors (Lipinski definition) is 1. The molecule has 5 radical (unpaired) electrons. The molecule has 2 heterocycles. The lowest BCUT2D eigenvalue weighted by atomic mass is 10.0. The molecule has 6 heteroatoms. The highest BCUT2D eigenvalue weighted by Gasteiger charge is 2.31. The fourth-order valence-electron chi connectivity index (χ4n) is 3.46. The van der Waals surface area contributed by atoms with Crippen LogP contribution in [0, 0.1) is 31.6 Å². The number of β-amino-alcohol motifs (C(OH)–C–C–N with tert-alkyl or cyclic N) is 1. The number of carbonyl (C=O) groups excluding carboxylic acids is 1. The van der Waals surface area contributed by atoms with Gasteiger partial charge in [-0.3, -0.25) is 9.48 Å². The van der Waals surface area contributed by atoms with E-state index in [1.165, 1.54) is 0 Å². The molecule has 1 saturated carbocycles. The Morgan fingerprint density at radius 3 is 2.81 bits per heavy atom. The predicted molar refractivity (Wildman–Crippen MR) is 100 cm³/mol. The molecule has 0 saturated heterocycles. The average molecular weight is 364 g/mol. The summed E-state index contributed by atoms with van der Waals surface area (Å²) in [5.41, 5.74) is 2.37. The highest BCUT2D eigenvalue weighted by atomic mass is 16.5. The number of amides is 1. The van der Waals surface area contributed by atoms with Crippen molar-refractivity contribution in [1.29, 1.82) is 0 Å².